The maximum atomic E-state index is 12.8. The van der Waals surface area contributed by atoms with E-state index in [0.717, 1.165) is 19.3 Å². The van der Waals surface area contributed by atoms with Crippen molar-refractivity contribution in [2.75, 3.05) is 0 Å². The largest absolute Gasteiger partial charge is 0.294 e. The molecule has 0 saturated carbocycles. The number of halogens is 2. The van der Waals surface area contributed by atoms with Crippen LogP contribution in [0.1, 0.15) is 43.0 Å². The van der Waals surface area contributed by atoms with Gasteiger partial charge in [0, 0.05) is 15.6 Å². The van der Waals surface area contributed by atoms with Gasteiger partial charge in [0.1, 0.15) is 5.82 Å². The zero-order chi connectivity index (χ0) is 11.3. The second kappa shape index (κ2) is 6.20. The van der Waals surface area contributed by atoms with E-state index in [0.29, 0.717) is 15.6 Å². The molecule has 0 aliphatic carbocycles. The molecule has 1 rings (SSSR count). The molecule has 82 valence electrons. The summed E-state index contributed by atoms with van der Waals surface area (Å²) in [4.78, 5) is 11.7. The van der Waals surface area contributed by atoms with Crippen molar-refractivity contribution in [3.8, 4) is 0 Å². The Bertz CT molecular complexity index is 349. The minimum Gasteiger partial charge on any atom is -0.294 e. The van der Waals surface area contributed by atoms with E-state index in [9.17, 15) is 9.18 Å². The van der Waals surface area contributed by atoms with Crippen molar-refractivity contribution in [1.29, 1.82) is 0 Å². The van der Waals surface area contributed by atoms with Crippen LogP contribution in [0.3, 0.4) is 0 Å². The van der Waals surface area contributed by atoms with Gasteiger partial charge in [0.15, 0.2) is 5.78 Å². The predicted octanol–water partition coefficient (Wildman–Crippen LogP) is 4.19. The molecule has 0 amide bonds. The van der Waals surface area contributed by atoms with E-state index >= 15 is 0 Å². The number of benzene rings is 1. The SMILES string of the molecule is CCCCCC(=O)c1ccc(F)cc1I. The van der Waals surface area contributed by atoms with Gasteiger partial charge in [-0.2, -0.15) is 0 Å². The molecule has 0 atom stereocenters. The van der Waals surface area contributed by atoms with Crippen LogP contribution in [0.5, 0.6) is 0 Å². The molecule has 0 N–H and O–H groups in total. The van der Waals surface area contributed by atoms with Crippen molar-refractivity contribution in [3.63, 3.8) is 0 Å². The molecule has 1 nitrogen and oxygen atoms in total. The van der Waals surface area contributed by atoms with E-state index in [4.69, 9.17) is 0 Å². The van der Waals surface area contributed by atoms with Crippen LogP contribution >= 0.6 is 22.6 Å². The average Bonchev–Trinajstić information content (AvgIpc) is 2.17. The van der Waals surface area contributed by atoms with Gasteiger partial charge in [-0.25, -0.2) is 4.39 Å². The molecular formula is C12H14FIO. The molecule has 0 aliphatic rings. The van der Waals surface area contributed by atoms with E-state index < -0.39 is 0 Å². The van der Waals surface area contributed by atoms with E-state index in [2.05, 4.69) is 6.92 Å². The summed E-state index contributed by atoms with van der Waals surface area (Å²) < 4.78 is 13.5. The summed E-state index contributed by atoms with van der Waals surface area (Å²) in [5, 5.41) is 0. The molecular weight excluding hydrogens is 306 g/mol. The number of unbranched alkanes of at least 4 members (excludes halogenated alkanes) is 2. The highest BCUT2D eigenvalue weighted by Gasteiger charge is 2.09. The second-order valence-corrected chi connectivity index (χ2v) is 4.67. The highest BCUT2D eigenvalue weighted by molar-refractivity contribution is 14.1. The number of carbonyl (C=O) groups excluding carboxylic acids is 1. The highest BCUT2D eigenvalue weighted by atomic mass is 127. The molecule has 0 radical (unpaired) electrons. The van der Waals surface area contributed by atoms with Gasteiger partial charge in [-0.05, 0) is 47.2 Å². The minimum absolute atomic E-state index is 0.118. The Morgan fingerprint density at radius 2 is 2.13 bits per heavy atom. The van der Waals surface area contributed by atoms with Gasteiger partial charge in [0.2, 0.25) is 0 Å². The molecule has 0 heterocycles. The van der Waals surface area contributed by atoms with E-state index in [-0.39, 0.29) is 11.6 Å². The Kier molecular flexibility index (Phi) is 5.22. The van der Waals surface area contributed by atoms with Crippen LogP contribution < -0.4 is 0 Å². The molecule has 0 aromatic heterocycles. The van der Waals surface area contributed by atoms with Gasteiger partial charge in [-0.15, -0.1) is 0 Å². The van der Waals surface area contributed by atoms with Crippen molar-refractivity contribution < 1.29 is 9.18 Å². The zero-order valence-corrected chi connectivity index (χ0v) is 10.9. The number of Topliss-reactive ketones (excluding diaryl/α,β-unsaturated/α-hetero) is 1. The van der Waals surface area contributed by atoms with Gasteiger partial charge in [0.05, 0.1) is 0 Å². The third-order valence-electron chi connectivity index (χ3n) is 2.24. The third-order valence-corrected chi connectivity index (χ3v) is 3.13. The molecule has 0 fully saturated rings. The maximum Gasteiger partial charge on any atom is 0.163 e. The average molecular weight is 320 g/mol. The Labute approximate surface area is 103 Å². The Hall–Kier alpha value is -0.450. The lowest BCUT2D eigenvalue weighted by Crippen LogP contribution is -2.02. The summed E-state index contributed by atoms with van der Waals surface area (Å²) in [6.45, 7) is 2.10. The summed E-state index contributed by atoms with van der Waals surface area (Å²) in [5.74, 6) is -0.169. The fraction of sp³-hybridized carbons (Fsp3) is 0.417. The van der Waals surface area contributed by atoms with Gasteiger partial charge in [-0.1, -0.05) is 19.8 Å². The molecule has 0 spiro atoms. The van der Waals surface area contributed by atoms with Gasteiger partial charge < -0.3 is 0 Å². The first-order valence-electron chi connectivity index (χ1n) is 5.13. The molecule has 0 saturated heterocycles. The molecule has 1 aromatic rings. The minimum atomic E-state index is -0.287. The standard InChI is InChI=1S/C12H14FIO/c1-2-3-4-5-12(15)10-7-6-9(13)8-11(10)14/h6-8H,2-5H2,1H3. The molecule has 3 heteroatoms. The maximum absolute atomic E-state index is 12.8. The summed E-state index contributed by atoms with van der Waals surface area (Å²) in [6.07, 6.45) is 3.66. The monoisotopic (exact) mass is 320 g/mol. The number of hydrogen-bond donors (Lipinski definition) is 0. The zero-order valence-electron chi connectivity index (χ0n) is 8.72. The molecule has 15 heavy (non-hydrogen) atoms. The summed E-state index contributed by atoms with van der Waals surface area (Å²) >= 11 is 2.00. The third kappa shape index (κ3) is 3.89. The van der Waals surface area contributed by atoms with Crippen LogP contribution in [0.4, 0.5) is 4.39 Å². The van der Waals surface area contributed by atoms with Crippen molar-refractivity contribution in [2.24, 2.45) is 0 Å². The van der Waals surface area contributed by atoms with Crippen molar-refractivity contribution in [3.05, 3.63) is 33.1 Å². The summed E-state index contributed by atoms with van der Waals surface area (Å²) in [6, 6.07) is 4.31. The van der Waals surface area contributed by atoms with Gasteiger partial charge >= 0.3 is 0 Å². The fourth-order valence-electron chi connectivity index (χ4n) is 1.39. The highest BCUT2D eigenvalue weighted by Crippen LogP contribution is 2.17. The smallest absolute Gasteiger partial charge is 0.163 e. The lowest BCUT2D eigenvalue weighted by molar-refractivity contribution is 0.0978. The number of hydrogen-bond acceptors (Lipinski definition) is 1. The van der Waals surface area contributed by atoms with Crippen molar-refractivity contribution in [2.45, 2.75) is 32.6 Å². The van der Waals surface area contributed by atoms with Crippen LogP contribution in [0, 0.1) is 9.39 Å². The van der Waals surface area contributed by atoms with Gasteiger partial charge in [-0.3, -0.25) is 4.79 Å². The Balaban J connectivity index is 2.65. The Morgan fingerprint density at radius 3 is 2.73 bits per heavy atom. The van der Waals surface area contributed by atoms with Crippen LogP contribution in [-0.2, 0) is 0 Å². The van der Waals surface area contributed by atoms with Crippen LogP contribution in [0.15, 0.2) is 18.2 Å². The number of ketones is 1. The normalized spacial score (nSPS) is 10.3. The number of carbonyl (C=O) groups is 1. The van der Waals surface area contributed by atoms with E-state index in [1.54, 1.807) is 6.07 Å². The first-order valence-corrected chi connectivity index (χ1v) is 6.21. The molecule has 0 unspecified atom stereocenters. The predicted molar refractivity (Wildman–Crippen MR) is 67.6 cm³/mol. The molecule has 0 bridgehead atoms. The Morgan fingerprint density at radius 1 is 1.40 bits per heavy atom. The van der Waals surface area contributed by atoms with Crippen LogP contribution in [0.25, 0.3) is 0 Å². The quantitative estimate of drug-likeness (QED) is 0.452. The summed E-state index contributed by atoms with van der Waals surface area (Å²) in [5.41, 5.74) is 0.646. The fourth-order valence-corrected chi connectivity index (χ4v) is 2.16. The van der Waals surface area contributed by atoms with Crippen LogP contribution in [0.2, 0.25) is 0 Å². The topological polar surface area (TPSA) is 17.1 Å². The first kappa shape index (κ1) is 12.6. The van der Waals surface area contributed by atoms with Crippen molar-refractivity contribution in [1.82, 2.24) is 0 Å². The summed E-state index contributed by atoms with van der Waals surface area (Å²) in [7, 11) is 0. The van der Waals surface area contributed by atoms with Crippen molar-refractivity contribution >= 4 is 28.4 Å². The molecule has 1 aromatic carbocycles. The van der Waals surface area contributed by atoms with E-state index in [1.165, 1.54) is 12.1 Å². The molecule has 0 aliphatic heterocycles. The second-order valence-electron chi connectivity index (χ2n) is 3.50. The van der Waals surface area contributed by atoms with Crippen LogP contribution in [-0.4, -0.2) is 5.78 Å². The lowest BCUT2D eigenvalue weighted by atomic mass is 10.1. The first-order chi connectivity index (χ1) is 7.15. The van der Waals surface area contributed by atoms with Gasteiger partial charge in [0.25, 0.3) is 0 Å². The number of rotatable bonds is 5. The van der Waals surface area contributed by atoms with E-state index in [1.807, 2.05) is 22.6 Å². The lowest BCUT2D eigenvalue weighted by Gasteiger charge is -2.03.